The normalized spacial score (nSPS) is 25.7. The van der Waals surface area contributed by atoms with Crippen molar-refractivity contribution < 1.29 is 5.11 Å². The maximum Gasteiger partial charge on any atom is 0.0667 e. The number of nitrogens with one attached hydrogen (secondary N) is 1. The maximum atomic E-state index is 9.80. The van der Waals surface area contributed by atoms with Crippen LogP contribution in [-0.4, -0.2) is 48.8 Å². The van der Waals surface area contributed by atoms with Gasteiger partial charge in [-0.25, -0.2) is 0 Å². The van der Waals surface area contributed by atoms with Gasteiger partial charge in [0.2, 0.25) is 0 Å². The van der Waals surface area contributed by atoms with Crippen molar-refractivity contribution in [3.05, 3.63) is 0 Å². The minimum absolute atomic E-state index is 0.180. The molecule has 0 amide bonds. The average molecular weight is 228 g/mol. The van der Waals surface area contributed by atoms with E-state index in [1.807, 2.05) is 0 Å². The van der Waals surface area contributed by atoms with E-state index in [0.717, 1.165) is 13.0 Å². The molecule has 1 aliphatic heterocycles. The maximum absolute atomic E-state index is 9.80. The van der Waals surface area contributed by atoms with Gasteiger partial charge in [-0.3, -0.25) is 0 Å². The molecule has 1 heterocycles. The molecule has 0 radical (unpaired) electrons. The Morgan fingerprint density at radius 1 is 1.31 bits per heavy atom. The first kappa shape index (κ1) is 13.9. The summed E-state index contributed by atoms with van der Waals surface area (Å²) < 4.78 is 0. The van der Waals surface area contributed by atoms with Gasteiger partial charge in [-0.15, -0.1) is 0 Å². The topological polar surface area (TPSA) is 35.5 Å². The van der Waals surface area contributed by atoms with E-state index in [2.05, 4.69) is 31.1 Å². The van der Waals surface area contributed by atoms with Gasteiger partial charge in [0.1, 0.15) is 0 Å². The van der Waals surface area contributed by atoms with E-state index in [4.69, 9.17) is 0 Å². The third-order valence-electron chi connectivity index (χ3n) is 3.34. The van der Waals surface area contributed by atoms with Gasteiger partial charge in [0.15, 0.2) is 0 Å². The van der Waals surface area contributed by atoms with E-state index in [1.165, 1.54) is 32.4 Å². The Kier molecular flexibility index (Phi) is 6.32. The van der Waals surface area contributed by atoms with Crippen LogP contribution in [0.25, 0.3) is 0 Å². The Bertz CT molecular complexity index is 185. The second kappa shape index (κ2) is 7.25. The van der Waals surface area contributed by atoms with Gasteiger partial charge in [-0.1, -0.05) is 13.8 Å². The van der Waals surface area contributed by atoms with Crippen LogP contribution in [0, 0.1) is 5.92 Å². The highest BCUT2D eigenvalue weighted by Crippen LogP contribution is 2.10. The summed E-state index contributed by atoms with van der Waals surface area (Å²) in [5.41, 5.74) is 0. The Hall–Kier alpha value is -0.120. The SMILES string of the molecule is CC(C)CC(O)CNC1CCCN(C)CC1. The van der Waals surface area contributed by atoms with Crippen LogP contribution < -0.4 is 5.32 Å². The number of aliphatic hydroxyl groups excluding tert-OH is 1. The van der Waals surface area contributed by atoms with Crippen molar-refractivity contribution in [1.82, 2.24) is 10.2 Å². The number of nitrogens with zero attached hydrogens (tertiary/aromatic N) is 1. The smallest absolute Gasteiger partial charge is 0.0667 e. The molecule has 2 atom stereocenters. The molecule has 0 spiro atoms. The highest BCUT2D eigenvalue weighted by molar-refractivity contribution is 4.75. The molecule has 0 bridgehead atoms. The van der Waals surface area contributed by atoms with Gasteiger partial charge in [0, 0.05) is 12.6 Å². The highest BCUT2D eigenvalue weighted by Gasteiger charge is 2.15. The number of hydrogen-bond donors (Lipinski definition) is 2. The monoisotopic (exact) mass is 228 g/mol. The van der Waals surface area contributed by atoms with Crippen molar-refractivity contribution in [2.24, 2.45) is 5.92 Å². The molecule has 96 valence electrons. The molecule has 1 fully saturated rings. The number of aliphatic hydroxyl groups is 1. The third-order valence-corrected chi connectivity index (χ3v) is 3.34. The van der Waals surface area contributed by atoms with Gasteiger partial charge in [0.05, 0.1) is 6.10 Å². The molecule has 0 aromatic rings. The molecule has 0 saturated carbocycles. The summed E-state index contributed by atoms with van der Waals surface area (Å²) in [7, 11) is 2.19. The fourth-order valence-electron chi connectivity index (χ4n) is 2.37. The predicted molar refractivity (Wildman–Crippen MR) is 68.6 cm³/mol. The average Bonchev–Trinajstić information content (AvgIpc) is 2.39. The summed E-state index contributed by atoms with van der Waals surface area (Å²) in [4.78, 5) is 2.40. The third kappa shape index (κ3) is 5.83. The van der Waals surface area contributed by atoms with Crippen molar-refractivity contribution in [3.63, 3.8) is 0 Å². The van der Waals surface area contributed by atoms with Gasteiger partial charge >= 0.3 is 0 Å². The van der Waals surface area contributed by atoms with Gasteiger partial charge in [-0.2, -0.15) is 0 Å². The number of rotatable bonds is 5. The van der Waals surface area contributed by atoms with E-state index in [0.29, 0.717) is 12.0 Å². The van der Waals surface area contributed by atoms with Gasteiger partial charge in [-0.05, 0) is 51.7 Å². The molecule has 1 saturated heterocycles. The summed E-state index contributed by atoms with van der Waals surface area (Å²) in [5.74, 6) is 0.581. The minimum atomic E-state index is -0.180. The Morgan fingerprint density at radius 2 is 2.06 bits per heavy atom. The van der Waals surface area contributed by atoms with Crippen LogP contribution in [0.1, 0.15) is 39.5 Å². The molecule has 3 nitrogen and oxygen atoms in total. The van der Waals surface area contributed by atoms with Crippen LogP contribution in [0.4, 0.5) is 0 Å². The Morgan fingerprint density at radius 3 is 2.75 bits per heavy atom. The molecule has 1 aliphatic rings. The van der Waals surface area contributed by atoms with Gasteiger partial charge in [0.25, 0.3) is 0 Å². The van der Waals surface area contributed by atoms with E-state index < -0.39 is 0 Å². The quantitative estimate of drug-likeness (QED) is 0.748. The first-order valence-electron chi connectivity index (χ1n) is 6.68. The Labute approximate surface area is 100 Å². The largest absolute Gasteiger partial charge is 0.392 e. The van der Waals surface area contributed by atoms with Crippen LogP contribution in [0.3, 0.4) is 0 Å². The number of likely N-dealkylation sites (tertiary alicyclic amines) is 1. The molecule has 2 unspecified atom stereocenters. The van der Waals surface area contributed by atoms with Crippen molar-refractivity contribution in [2.45, 2.75) is 51.7 Å². The molecule has 3 heteroatoms. The molecular weight excluding hydrogens is 200 g/mol. The summed E-state index contributed by atoms with van der Waals surface area (Å²) >= 11 is 0. The minimum Gasteiger partial charge on any atom is -0.392 e. The fourth-order valence-corrected chi connectivity index (χ4v) is 2.37. The molecule has 1 rings (SSSR count). The van der Waals surface area contributed by atoms with Crippen molar-refractivity contribution in [2.75, 3.05) is 26.7 Å². The van der Waals surface area contributed by atoms with E-state index in [1.54, 1.807) is 0 Å². The summed E-state index contributed by atoms with van der Waals surface area (Å²) in [6.07, 6.45) is 4.46. The molecule has 16 heavy (non-hydrogen) atoms. The molecule has 0 aromatic heterocycles. The standard InChI is InChI=1S/C13H28N2O/c1-11(2)9-13(16)10-14-12-5-4-7-15(3)8-6-12/h11-14,16H,4-10H2,1-3H3. The summed E-state index contributed by atoms with van der Waals surface area (Å²) in [6.45, 7) is 7.46. The van der Waals surface area contributed by atoms with E-state index >= 15 is 0 Å². The molecule has 0 aromatic carbocycles. The molecule has 2 N–H and O–H groups in total. The van der Waals surface area contributed by atoms with Crippen molar-refractivity contribution in [1.29, 1.82) is 0 Å². The lowest BCUT2D eigenvalue weighted by atomic mass is 10.0. The lowest BCUT2D eigenvalue weighted by Gasteiger charge is -2.20. The van der Waals surface area contributed by atoms with E-state index in [9.17, 15) is 5.11 Å². The zero-order chi connectivity index (χ0) is 12.0. The van der Waals surface area contributed by atoms with Crippen LogP contribution in [0.5, 0.6) is 0 Å². The van der Waals surface area contributed by atoms with Gasteiger partial charge < -0.3 is 15.3 Å². The summed E-state index contributed by atoms with van der Waals surface area (Å²) in [6, 6.07) is 0.603. The zero-order valence-electron chi connectivity index (χ0n) is 11.1. The fraction of sp³-hybridized carbons (Fsp3) is 1.00. The van der Waals surface area contributed by atoms with Crippen molar-refractivity contribution in [3.8, 4) is 0 Å². The Balaban J connectivity index is 2.16. The van der Waals surface area contributed by atoms with Crippen LogP contribution in [0.15, 0.2) is 0 Å². The molecular formula is C13H28N2O. The van der Waals surface area contributed by atoms with Crippen LogP contribution in [0.2, 0.25) is 0 Å². The zero-order valence-corrected chi connectivity index (χ0v) is 11.1. The van der Waals surface area contributed by atoms with Crippen LogP contribution in [-0.2, 0) is 0 Å². The second-order valence-electron chi connectivity index (χ2n) is 5.62. The lowest BCUT2D eigenvalue weighted by Crippen LogP contribution is -2.36. The first-order valence-corrected chi connectivity index (χ1v) is 6.68. The first-order chi connectivity index (χ1) is 7.58. The van der Waals surface area contributed by atoms with E-state index in [-0.39, 0.29) is 6.10 Å². The lowest BCUT2D eigenvalue weighted by molar-refractivity contribution is 0.141. The highest BCUT2D eigenvalue weighted by atomic mass is 16.3. The van der Waals surface area contributed by atoms with Crippen molar-refractivity contribution >= 4 is 0 Å². The number of hydrogen-bond acceptors (Lipinski definition) is 3. The predicted octanol–water partition coefficient (Wildman–Crippen LogP) is 1.47. The second-order valence-corrected chi connectivity index (χ2v) is 5.62. The summed E-state index contributed by atoms with van der Waals surface area (Å²) in [5, 5.41) is 13.3. The van der Waals surface area contributed by atoms with Crippen LogP contribution >= 0.6 is 0 Å². The molecule has 0 aliphatic carbocycles.